The molecule has 0 radical (unpaired) electrons. The molecular weight excluding hydrogens is 290 g/mol. The van der Waals surface area contributed by atoms with Crippen molar-refractivity contribution < 1.29 is 18.3 Å². The molecule has 7 nitrogen and oxygen atoms in total. The number of aromatic nitrogens is 1. The summed E-state index contributed by atoms with van der Waals surface area (Å²) in [5.41, 5.74) is 0.236. The quantitative estimate of drug-likeness (QED) is 0.873. The standard InChI is InChI=1S/C10H15N3O4S2/c1-7-8(10(14)15)9(18-11-7)12-19(16,17)13-5-3-2-4-6-13/h12H,2-6H2,1H3,(H,14,15). The Kier molecular flexibility index (Phi) is 4.07. The van der Waals surface area contributed by atoms with Crippen molar-refractivity contribution in [3.05, 3.63) is 11.3 Å². The SMILES string of the molecule is Cc1nsc(NS(=O)(=O)N2CCCCC2)c1C(=O)O. The van der Waals surface area contributed by atoms with E-state index in [4.69, 9.17) is 5.11 Å². The maximum atomic E-state index is 12.1. The topological polar surface area (TPSA) is 99.6 Å². The number of hydrogen-bond donors (Lipinski definition) is 2. The first-order valence-electron chi connectivity index (χ1n) is 5.89. The summed E-state index contributed by atoms with van der Waals surface area (Å²) in [5.74, 6) is -1.18. The van der Waals surface area contributed by atoms with Crippen molar-refractivity contribution in [2.45, 2.75) is 26.2 Å². The normalized spacial score (nSPS) is 17.3. The lowest BCUT2D eigenvalue weighted by Gasteiger charge is -2.25. The zero-order valence-corrected chi connectivity index (χ0v) is 12.1. The Bertz CT molecular complexity index is 576. The number of nitrogens with zero attached hydrogens (tertiary/aromatic N) is 2. The monoisotopic (exact) mass is 305 g/mol. The lowest BCUT2D eigenvalue weighted by Crippen LogP contribution is -2.39. The number of rotatable bonds is 4. The van der Waals surface area contributed by atoms with E-state index in [0.717, 1.165) is 30.8 Å². The number of hydrogen-bond acceptors (Lipinski definition) is 5. The molecule has 0 spiro atoms. The van der Waals surface area contributed by atoms with Gasteiger partial charge >= 0.3 is 16.2 Å². The van der Waals surface area contributed by atoms with Gasteiger partial charge in [0.1, 0.15) is 10.6 Å². The van der Waals surface area contributed by atoms with Crippen LogP contribution in [-0.2, 0) is 10.2 Å². The zero-order valence-electron chi connectivity index (χ0n) is 10.4. The molecule has 0 saturated carbocycles. The Morgan fingerprint density at radius 3 is 2.58 bits per heavy atom. The first kappa shape index (κ1) is 14.2. The molecule has 106 valence electrons. The highest BCUT2D eigenvalue weighted by Gasteiger charge is 2.27. The van der Waals surface area contributed by atoms with Crippen LogP contribution in [0.25, 0.3) is 0 Å². The molecule has 2 rings (SSSR count). The van der Waals surface area contributed by atoms with Crippen LogP contribution in [0.3, 0.4) is 0 Å². The molecule has 2 heterocycles. The van der Waals surface area contributed by atoms with E-state index < -0.39 is 16.2 Å². The van der Waals surface area contributed by atoms with Crippen LogP contribution in [0.15, 0.2) is 0 Å². The van der Waals surface area contributed by atoms with E-state index in [1.807, 2.05) is 0 Å². The molecule has 0 atom stereocenters. The average molecular weight is 305 g/mol. The molecule has 0 unspecified atom stereocenters. The van der Waals surface area contributed by atoms with Crippen molar-refractivity contribution in [2.75, 3.05) is 17.8 Å². The molecule has 2 N–H and O–H groups in total. The minimum atomic E-state index is -3.69. The van der Waals surface area contributed by atoms with Crippen LogP contribution in [0, 0.1) is 6.92 Å². The maximum Gasteiger partial charge on any atom is 0.340 e. The first-order chi connectivity index (χ1) is 8.92. The lowest BCUT2D eigenvalue weighted by atomic mass is 10.2. The van der Waals surface area contributed by atoms with Crippen molar-refractivity contribution in [2.24, 2.45) is 0 Å². The van der Waals surface area contributed by atoms with Crippen LogP contribution in [0.4, 0.5) is 5.00 Å². The number of nitrogens with one attached hydrogen (secondary N) is 1. The Hall–Kier alpha value is -1.19. The third-order valence-electron chi connectivity index (χ3n) is 2.95. The van der Waals surface area contributed by atoms with Gasteiger partial charge in [-0.2, -0.15) is 17.1 Å². The van der Waals surface area contributed by atoms with Gasteiger partial charge in [-0.3, -0.25) is 4.72 Å². The van der Waals surface area contributed by atoms with Gasteiger partial charge in [0.05, 0.1) is 5.69 Å². The molecule has 0 amide bonds. The predicted octanol–water partition coefficient (Wildman–Crippen LogP) is 1.29. The Labute approximate surface area is 115 Å². The van der Waals surface area contributed by atoms with E-state index in [0.29, 0.717) is 18.8 Å². The molecule has 0 aromatic carbocycles. The fourth-order valence-corrected chi connectivity index (χ4v) is 4.29. The molecule has 0 aliphatic carbocycles. The molecular formula is C10H15N3O4S2. The fourth-order valence-electron chi connectivity index (χ4n) is 1.98. The minimum absolute atomic E-state index is 0.0653. The molecule has 19 heavy (non-hydrogen) atoms. The number of carboxylic acids is 1. The van der Waals surface area contributed by atoms with Gasteiger partial charge in [0, 0.05) is 13.1 Å². The van der Waals surface area contributed by atoms with E-state index >= 15 is 0 Å². The summed E-state index contributed by atoms with van der Waals surface area (Å²) in [4.78, 5) is 11.1. The summed E-state index contributed by atoms with van der Waals surface area (Å²) in [5, 5.41) is 9.13. The average Bonchev–Trinajstić information content (AvgIpc) is 2.71. The highest BCUT2D eigenvalue weighted by atomic mass is 32.2. The van der Waals surface area contributed by atoms with E-state index in [1.54, 1.807) is 6.92 Å². The highest BCUT2D eigenvalue weighted by Crippen LogP contribution is 2.26. The van der Waals surface area contributed by atoms with Gasteiger partial charge in [-0.05, 0) is 31.3 Å². The van der Waals surface area contributed by atoms with Crippen molar-refractivity contribution in [1.82, 2.24) is 8.68 Å². The molecule has 1 saturated heterocycles. The summed E-state index contributed by atoms with van der Waals surface area (Å²) in [7, 11) is -3.69. The highest BCUT2D eigenvalue weighted by molar-refractivity contribution is 7.90. The Balaban J connectivity index is 2.23. The Morgan fingerprint density at radius 2 is 2.00 bits per heavy atom. The van der Waals surface area contributed by atoms with Crippen LogP contribution >= 0.6 is 11.5 Å². The second kappa shape index (κ2) is 5.43. The predicted molar refractivity (Wildman–Crippen MR) is 71.8 cm³/mol. The van der Waals surface area contributed by atoms with E-state index in [9.17, 15) is 13.2 Å². The second-order valence-corrected chi connectivity index (χ2v) is 6.79. The minimum Gasteiger partial charge on any atom is -0.478 e. The van der Waals surface area contributed by atoms with Crippen molar-refractivity contribution in [3.63, 3.8) is 0 Å². The van der Waals surface area contributed by atoms with Gasteiger partial charge in [-0.25, -0.2) is 4.79 Å². The summed E-state index contributed by atoms with van der Waals surface area (Å²) in [6.07, 6.45) is 2.68. The molecule has 1 aromatic heterocycles. The van der Waals surface area contributed by atoms with Gasteiger partial charge in [-0.1, -0.05) is 6.42 Å². The summed E-state index contributed by atoms with van der Waals surface area (Å²) >= 11 is 0.848. The molecule has 1 fully saturated rings. The van der Waals surface area contributed by atoms with Gasteiger partial charge in [-0.15, -0.1) is 0 Å². The number of aromatic carboxylic acids is 1. The van der Waals surface area contributed by atoms with Crippen LogP contribution in [-0.4, -0.2) is 41.3 Å². The van der Waals surface area contributed by atoms with Crippen molar-refractivity contribution in [1.29, 1.82) is 0 Å². The van der Waals surface area contributed by atoms with Crippen molar-refractivity contribution in [3.8, 4) is 0 Å². The van der Waals surface area contributed by atoms with Gasteiger partial charge in [0.15, 0.2) is 0 Å². The summed E-state index contributed by atoms with van der Waals surface area (Å²) in [6.45, 7) is 2.48. The Morgan fingerprint density at radius 1 is 1.37 bits per heavy atom. The second-order valence-electron chi connectivity index (χ2n) is 4.34. The van der Waals surface area contributed by atoms with Gasteiger partial charge in [0.2, 0.25) is 0 Å². The third-order valence-corrected chi connectivity index (χ3v) is 5.44. The van der Waals surface area contributed by atoms with Gasteiger partial charge in [0.25, 0.3) is 0 Å². The molecule has 1 aromatic rings. The van der Waals surface area contributed by atoms with E-state index in [-0.39, 0.29) is 10.6 Å². The number of aryl methyl sites for hydroxylation is 1. The van der Waals surface area contributed by atoms with Crippen LogP contribution in [0.5, 0.6) is 0 Å². The molecule has 9 heteroatoms. The van der Waals surface area contributed by atoms with E-state index in [1.165, 1.54) is 4.31 Å². The largest absolute Gasteiger partial charge is 0.478 e. The summed E-state index contributed by atoms with van der Waals surface area (Å²) < 4.78 is 31.8. The van der Waals surface area contributed by atoms with Crippen LogP contribution in [0.2, 0.25) is 0 Å². The van der Waals surface area contributed by atoms with Crippen LogP contribution < -0.4 is 4.72 Å². The number of anilines is 1. The van der Waals surface area contributed by atoms with Crippen molar-refractivity contribution >= 4 is 32.7 Å². The third kappa shape index (κ3) is 3.04. The van der Waals surface area contributed by atoms with Gasteiger partial charge < -0.3 is 5.11 Å². The maximum absolute atomic E-state index is 12.1. The fraction of sp³-hybridized carbons (Fsp3) is 0.600. The summed E-state index contributed by atoms with van der Waals surface area (Å²) in [6, 6.07) is 0. The smallest absolute Gasteiger partial charge is 0.340 e. The number of carbonyl (C=O) groups is 1. The lowest BCUT2D eigenvalue weighted by molar-refractivity contribution is 0.0697. The first-order valence-corrected chi connectivity index (χ1v) is 8.10. The number of carboxylic acid groups (broad SMARTS) is 1. The van der Waals surface area contributed by atoms with E-state index in [2.05, 4.69) is 9.10 Å². The van der Waals surface area contributed by atoms with Crippen LogP contribution in [0.1, 0.15) is 35.3 Å². The zero-order chi connectivity index (χ0) is 14.0. The molecule has 1 aliphatic rings. The number of piperidine rings is 1. The molecule has 0 bridgehead atoms. The molecule has 1 aliphatic heterocycles.